The highest BCUT2D eigenvalue weighted by Crippen LogP contribution is 2.30. The van der Waals surface area contributed by atoms with Crippen LogP contribution >= 0.6 is 11.6 Å². The molecule has 5 aromatic rings. The van der Waals surface area contributed by atoms with Gasteiger partial charge in [0.15, 0.2) is 17.6 Å². The van der Waals surface area contributed by atoms with Crippen LogP contribution in [0, 0.1) is 5.21 Å². The van der Waals surface area contributed by atoms with E-state index in [2.05, 4.69) is 32.5 Å². The number of carbonyl (C=O) groups is 1. The van der Waals surface area contributed by atoms with Crippen molar-refractivity contribution < 1.29 is 19.0 Å². The fourth-order valence-electron chi connectivity index (χ4n) is 4.86. The van der Waals surface area contributed by atoms with Gasteiger partial charge < -0.3 is 19.2 Å². The third-order valence-corrected chi connectivity index (χ3v) is 7.23. The van der Waals surface area contributed by atoms with Crippen LogP contribution in [0.3, 0.4) is 0 Å². The number of hydrogen-bond donors (Lipinski definition) is 1. The van der Waals surface area contributed by atoms with Crippen molar-refractivity contribution in [2.24, 2.45) is 0 Å². The summed E-state index contributed by atoms with van der Waals surface area (Å²) in [6.07, 6.45) is 3.00. The molecule has 0 amide bonds. The van der Waals surface area contributed by atoms with Gasteiger partial charge in [-0.25, -0.2) is 4.98 Å². The van der Waals surface area contributed by atoms with Gasteiger partial charge in [-0.05, 0) is 34.4 Å². The van der Waals surface area contributed by atoms with Crippen molar-refractivity contribution in [3.8, 4) is 22.5 Å². The Kier molecular flexibility index (Phi) is 9.01. The molecule has 0 aliphatic heterocycles. The molecule has 0 unspecified atom stereocenters. The van der Waals surface area contributed by atoms with Crippen LogP contribution in [0.25, 0.3) is 22.5 Å². The van der Waals surface area contributed by atoms with Gasteiger partial charge in [-0.15, -0.1) is 10.2 Å². The molecular weight excluding hydrogens is 558 g/mol. The molecule has 0 saturated carbocycles. The molecule has 0 radical (unpaired) electrons. The van der Waals surface area contributed by atoms with Crippen molar-refractivity contribution in [1.82, 2.24) is 30.2 Å². The van der Waals surface area contributed by atoms with Crippen LogP contribution in [0.5, 0.6) is 0 Å². The number of rotatable bonds is 12. The highest BCUT2D eigenvalue weighted by Gasteiger charge is 2.29. The number of aryl methyl sites for hydroxylation is 1. The first-order valence-corrected chi connectivity index (χ1v) is 13.8. The topological polar surface area (TPSA) is 135 Å². The number of unbranched alkanes of at least 4 members (excludes halogenated alkanes) is 1. The van der Waals surface area contributed by atoms with Gasteiger partial charge in [0.1, 0.15) is 11.5 Å². The molecule has 1 N–H and O–H groups in total. The van der Waals surface area contributed by atoms with Gasteiger partial charge in [-0.3, -0.25) is 4.79 Å². The number of methoxy groups -OCH3 is 2. The summed E-state index contributed by atoms with van der Waals surface area (Å²) < 4.78 is 12.8. The molecular formula is C30H30ClN7O4. The van der Waals surface area contributed by atoms with Gasteiger partial charge in [0.05, 0.1) is 5.56 Å². The maximum Gasteiger partial charge on any atom is 0.277 e. The number of pyridine rings is 1. The van der Waals surface area contributed by atoms with Gasteiger partial charge >= 0.3 is 0 Å². The lowest BCUT2D eigenvalue weighted by Crippen LogP contribution is -2.36. The fourth-order valence-corrected chi connectivity index (χ4v) is 5.14. The third-order valence-electron chi connectivity index (χ3n) is 6.96. The molecule has 3 heterocycles. The molecule has 0 aliphatic rings. The second-order valence-electron chi connectivity index (χ2n) is 9.64. The first kappa shape index (κ1) is 29.1. The second-order valence-corrected chi connectivity index (χ2v) is 10.00. The number of nitrogens with one attached hydrogen (secondary N) is 1. The number of ketones is 1. The average Bonchev–Trinajstić information content (AvgIpc) is 3.65. The van der Waals surface area contributed by atoms with Crippen LogP contribution < -0.4 is 4.73 Å². The summed E-state index contributed by atoms with van der Waals surface area (Å²) in [6, 6.07) is 18.9. The van der Waals surface area contributed by atoms with E-state index in [9.17, 15) is 10.0 Å². The first-order valence-electron chi connectivity index (χ1n) is 13.5. The van der Waals surface area contributed by atoms with E-state index in [0.29, 0.717) is 34.9 Å². The summed E-state index contributed by atoms with van der Waals surface area (Å²) in [5.41, 5.74) is 4.30. The largest absolute Gasteiger partial charge is 0.618 e. The maximum absolute atomic E-state index is 13.7. The number of ether oxygens (including phenoxy) is 2. The summed E-state index contributed by atoms with van der Waals surface area (Å²) in [4.78, 5) is 18.3. The molecule has 0 spiro atoms. The molecule has 11 nitrogen and oxygen atoms in total. The normalized spacial score (nSPS) is 11.4. The predicted molar refractivity (Wildman–Crippen MR) is 156 cm³/mol. The van der Waals surface area contributed by atoms with Crippen LogP contribution in [0.2, 0.25) is 5.15 Å². The quantitative estimate of drug-likeness (QED) is 0.0939. The minimum absolute atomic E-state index is 0.0625. The molecule has 2 aromatic carbocycles. The molecule has 216 valence electrons. The highest BCUT2D eigenvalue weighted by atomic mass is 35.5. The fraction of sp³-hybridized carbons (Fsp3) is 0.267. The molecule has 0 bridgehead atoms. The summed E-state index contributed by atoms with van der Waals surface area (Å²) in [7, 11) is 2.94. The standard InChI is InChI=1S/C30H30ClN7O4/c1-4-5-10-25-32-28(31)26(27(39)24-16-15-21(18-38(24)40)30(41-2)42-3)37(25)17-19-11-13-20(14-12-19)22-8-6-7-9-23(22)29-33-35-36-34-29/h6-9,11-16,18,30H,4-5,10,17H2,1-3H3,(H,33,34,35,36). The molecule has 5 rings (SSSR count). The van der Waals surface area contributed by atoms with Crippen LogP contribution in [0.15, 0.2) is 66.9 Å². The molecule has 0 atom stereocenters. The van der Waals surface area contributed by atoms with Gasteiger partial charge in [-0.2, -0.15) is 9.94 Å². The summed E-state index contributed by atoms with van der Waals surface area (Å²) in [6.45, 7) is 2.43. The number of hydrogen-bond acceptors (Lipinski definition) is 8. The van der Waals surface area contributed by atoms with Crippen LogP contribution in [0.1, 0.15) is 59.2 Å². The number of imidazole rings is 1. The number of carbonyl (C=O) groups excluding carboxylic acids is 1. The minimum atomic E-state index is -0.730. The second kappa shape index (κ2) is 13.0. The van der Waals surface area contributed by atoms with E-state index < -0.39 is 12.1 Å². The number of benzene rings is 2. The van der Waals surface area contributed by atoms with Crippen molar-refractivity contribution in [3.63, 3.8) is 0 Å². The smallest absolute Gasteiger partial charge is 0.277 e. The Bertz CT molecular complexity index is 1670. The molecule has 12 heteroatoms. The Hall–Kier alpha value is -4.45. The van der Waals surface area contributed by atoms with E-state index in [-0.39, 0.29) is 16.5 Å². The number of halogens is 1. The van der Waals surface area contributed by atoms with Gasteiger partial charge in [0.25, 0.3) is 11.5 Å². The lowest BCUT2D eigenvalue weighted by atomic mass is 9.98. The minimum Gasteiger partial charge on any atom is -0.618 e. The third kappa shape index (κ3) is 5.94. The van der Waals surface area contributed by atoms with Crippen molar-refractivity contribution in [2.45, 2.75) is 39.0 Å². The lowest BCUT2D eigenvalue weighted by molar-refractivity contribution is -0.608. The van der Waals surface area contributed by atoms with Crippen molar-refractivity contribution in [3.05, 3.63) is 106 Å². The first-order chi connectivity index (χ1) is 20.4. The zero-order chi connectivity index (χ0) is 29.6. The van der Waals surface area contributed by atoms with E-state index in [4.69, 9.17) is 21.1 Å². The number of H-pyrrole nitrogens is 1. The van der Waals surface area contributed by atoms with Gasteiger partial charge in [0, 0.05) is 38.8 Å². The van der Waals surface area contributed by atoms with Crippen molar-refractivity contribution in [2.75, 3.05) is 14.2 Å². The Morgan fingerprint density at radius 1 is 1.07 bits per heavy atom. The van der Waals surface area contributed by atoms with E-state index in [1.54, 1.807) is 6.07 Å². The van der Waals surface area contributed by atoms with Gasteiger partial charge in [-0.1, -0.05) is 73.5 Å². The highest BCUT2D eigenvalue weighted by molar-refractivity contribution is 6.33. The zero-order valence-electron chi connectivity index (χ0n) is 23.5. The Morgan fingerprint density at radius 3 is 2.45 bits per heavy atom. The maximum atomic E-state index is 13.7. The van der Waals surface area contributed by atoms with E-state index >= 15 is 0 Å². The van der Waals surface area contributed by atoms with E-state index in [1.165, 1.54) is 26.5 Å². The Balaban J connectivity index is 1.48. The molecule has 3 aromatic heterocycles. The van der Waals surface area contributed by atoms with Crippen molar-refractivity contribution >= 4 is 17.4 Å². The van der Waals surface area contributed by atoms with Crippen LogP contribution in [-0.2, 0) is 22.4 Å². The van der Waals surface area contributed by atoms with Gasteiger partial charge in [0.2, 0.25) is 5.82 Å². The SMILES string of the molecule is CCCCc1nc(Cl)c(C(=O)c2ccc(C(OC)OC)c[n+]2[O-])n1Cc1ccc(-c2ccccc2-c2nn[nH]n2)cc1. The summed E-state index contributed by atoms with van der Waals surface area (Å²) >= 11 is 6.57. The van der Waals surface area contributed by atoms with Crippen LogP contribution in [0.4, 0.5) is 0 Å². The Morgan fingerprint density at radius 2 is 1.81 bits per heavy atom. The molecule has 0 aliphatic carbocycles. The van der Waals surface area contributed by atoms with Crippen molar-refractivity contribution in [1.29, 1.82) is 0 Å². The number of tetrazole rings is 1. The summed E-state index contributed by atoms with van der Waals surface area (Å²) in [5.74, 6) is 0.675. The number of nitrogens with zero attached hydrogens (tertiary/aromatic N) is 6. The monoisotopic (exact) mass is 587 g/mol. The van der Waals surface area contributed by atoms with E-state index in [0.717, 1.165) is 35.1 Å². The van der Waals surface area contributed by atoms with Crippen LogP contribution in [-0.4, -0.2) is 50.2 Å². The average molecular weight is 588 g/mol. The van der Waals surface area contributed by atoms with E-state index in [1.807, 2.05) is 53.1 Å². The summed E-state index contributed by atoms with van der Waals surface area (Å²) in [5, 5.41) is 27.4. The predicted octanol–water partition coefficient (Wildman–Crippen LogP) is 4.93. The molecule has 0 fully saturated rings. The zero-order valence-corrected chi connectivity index (χ0v) is 24.2. The molecule has 42 heavy (non-hydrogen) atoms. The molecule has 0 saturated heterocycles. The number of aromatic amines is 1. The Labute approximate surface area is 247 Å². The lowest BCUT2D eigenvalue weighted by Gasteiger charge is -2.15. The number of aromatic nitrogens is 7.